The standard InChI is InChI=1S/2C5H5.2C3H7.Ti/c2*1-2-4-5-3-1;2*1-3-2;/h2*1-3H,4H2;2*1,3H2,2H3;/q4*-1;+4. The maximum atomic E-state index is 3.49. The van der Waals surface area contributed by atoms with E-state index in [1.165, 1.54) is 0 Å². The van der Waals surface area contributed by atoms with E-state index in [1.54, 1.807) is 0 Å². The van der Waals surface area contributed by atoms with Crippen molar-refractivity contribution in [3.63, 3.8) is 0 Å². The Hall–Kier alpha value is -0.326. The fraction of sp³-hybridized carbons (Fsp3) is 0.375. The van der Waals surface area contributed by atoms with Gasteiger partial charge in [0.05, 0.1) is 0 Å². The van der Waals surface area contributed by atoms with Gasteiger partial charge in [-0.15, -0.1) is 12.8 Å². The molecule has 0 saturated carbocycles. The predicted molar refractivity (Wildman–Crippen MR) is 74.4 cm³/mol. The Bertz CT molecular complexity index is 166. The molecule has 0 amide bonds. The molecule has 0 unspecified atom stereocenters. The summed E-state index contributed by atoms with van der Waals surface area (Å²) in [5, 5.41) is 0. The summed E-state index contributed by atoms with van der Waals surface area (Å²) >= 11 is 0. The molecule has 2 aliphatic carbocycles. The van der Waals surface area contributed by atoms with Crippen molar-refractivity contribution in [2.45, 2.75) is 39.5 Å². The van der Waals surface area contributed by atoms with Gasteiger partial charge in [-0.05, 0) is 0 Å². The SMILES string of the molecule is [C-]1=CC=CC1.[C-]1=CC=CC1.[CH2-]CC.[CH2-]CC.[Ti+4]. The molecule has 92 valence electrons. The minimum absolute atomic E-state index is 0. The molecule has 0 heterocycles. The molecular weight excluding hydrogens is 240 g/mol. The first-order valence-corrected chi connectivity index (χ1v) is 5.85. The van der Waals surface area contributed by atoms with Crippen LogP contribution in [0.15, 0.2) is 36.5 Å². The summed E-state index contributed by atoms with van der Waals surface area (Å²) in [6.45, 7) is 11.0. The van der Waals surface area contributed by atoms with Crippen LogP contribution >= 0.6 is 0 Å². The van der Waals surface area contributed by atoms with Crippen LogP contribution in [0.5, 0.6) is 0 Å². The molecule has 17 heavy (non-hydrogen) atoms. The molecule has 0 saturated heterocycles. The van der Waals surface area contributed by atoms with Gasteiger partial charge in [-0.25, -0.2) is 24.3 Å². The maximum Gasteiger partial charge on any atom is 4.00 e. The second-order valence-electron chi connectivity index (χ2n) is 3.01. The molecule has 0 nitrogen and oxygen atoms in total. The third-order valence-electron chi connectivity index (χ3n) is 1.17. The van der Waals surface area contributed by atoms with E-state index in [0.717, 1.165) is 25.7 Å². The zero-order valence-electron chi connectivity index (χ0n) is 11.2. The van der Waals surface area contributed by atoms with Crippen LogP contribution in [0.4, 0.5) is 0 Å². The minimum atomic E-state index is 0. The smallest absolute Gasteiger partial charge is 0.344 e. The Morgan fingerprint density at radius 1 is 0.882 bits per heavy atom. The summed E-state index contributed by atoms with van der Waals surface area (Å²) in [6.07, 6.45) is 22.0. The Kier molecular flexibility index (Phi) is 31.9. The molecule has 0 bridgehead atoms. The van der Waals surface area contributed by atoms with Gasteiger partial charge in [0.1, 0.15) is 0 Å². The fourth-order valence-corrected chi connectivity index (χ4v) is 0.680. The Morgan fingerprint density at radius 3 is 1.24 bits per heavy atom. The van der Waals surface area contributed by atoms with E-state index in [0.29, 0.717) is 0 Å². The molecule has 0 fully saturated rings. The van der Waals surface area contributed by atoms with Crippen LogP contribution in [0.25, 0.3) is 0 Å². The average Bonchev–Trinajstić information content (AvgIpc) is 3.00. The van der Waals surface area contributed by atoms with Crippen LogP contribution < -0.4 is 0 Å². The third-order valence-corrected chi connectivity index (χ3v) is 1.17. The monoisotopic (exact) mass is 264 g/mol. The van der Waals surface area contributed by atoms with E-state index < -0.39 is 0 Å². The third kappa shape index (κ3) is 31.3. The van der Waals surface area contributed by atoms with Gasteiger partial charge in [-0.2, -0.15) is 25.0 Å². The van der Waals surface area contributed by atoms with Crippen molar-refractivity contribution in [1.82, 2.24) is 0 Å². The van der Waals surface area contributed by atoms with Crippen molar-refractivity contribution in [2.75, 3.05) is 0 Å². The summed E-state index contributed by atoms with van der Waals surface area (Å²) in [5.74, 6) is 0. The molecule has 0 spiro atoms. The van der Waals surface area contributed by atoms with Crippen molar-refractivity contribution in [1.29, 1.82) is 0 Å². The van der Waals surface area contributed by atoms with Gasteiger partial charge in [-0.3, -0.25) is 12.2 Å². The van der Waals surface area contributed by atoms with Gasteiger partial charge in [0.2, 0.25) is 0 Å². The number of rotatable bonds is 0. The van der Waals surface area contributed by atoms with Gasteiger partial charge in [0.25, 0.3) is 0 Å². The van der Waals surface area contributed by atoms with Crippen molar-refractivity contribution < 1.29 is 21.7 Å². The fourth-order valence-electron chi connectivity index (χ4n) is 0.680. The van der Waals surface area contributed by atoms with Gasteiger partial charge in [0.15, 0.2) is 0 Å². The first-order chi connectivity index (χ1) is 7.83. The second kappa shape index (κ2) is 24.8. The molecular formula is C16H24Ti. The Morgan fingerprint density at radius 2 is 1.18 bits per heavy atom. The van der Waals surface area contributed by atoms with Crippen molar-refractivity contribution >= 4 is 0 Å². The normalized spacial score (nSPS) is 12.5. The second-order valence-corrected chi connectivity index (χ2v) is 3.01. The van der Waals surface area contributed by atoms with E-state index in [9.17, 15) is 0 Å². The largest absolute Gasteiger partial charge is 4.00 e. The zero-order valence-corrected chi connectivity index (χ0v) is 12.8. The molecule has 0 aromatic carbocycles. The van der Waals surface area contributed by atoms with E-state index in [2.05, 4.69) is 38.2 Å². The molecule has 0 atom stereocenters. The Balaban J connectivity index is -0.000000157. The summed E-state index contributed by atoms with van der Waals surface area (Å²) in [4.78, 5) is 0. The van der Waals surface area contributed by atoms with Gasteiger partial charge in [0, 0.05) is 0 Å². The molecule has 0 aromatic rings. The van der Waals surface area contributed by atoms with Crippen LogP contribution in [0, 0.1) is 26.0 Å². The zero-order chi connectivity index (χ0) is 12.5. The quantitative estimate of drug-likeness (QED) is 0.423. The molecule has 0 aromatic heterocycles. The van der Waals surface area contributed by atoms with E-state index >= 15 is 0 Å². The van der Waals surface area contributed by atoms with Crippen molar-refractivity contribution in [3.05, 3.63) is 62.5 Å². The maximum absolute atomic E-state index is 3.49. The molecule has 0 N–H and O–H groups in total. The van der Waals surface area contributed by atoms with Crippen LogP contribution in [0.3, 0.4) is 0 Å². The minimum Gasteiger partial charge on any atom is -0.344 e. The summed E-state index contributed by atoms with van der Waals surface area (Å²) in [5.41, 5.74) is 0. The first kappa shape index (κ1) is 21.9. The van der Waals surface area contributed by atoms with E-state index in [1.807, 2.05) is 38.2 Å². The van der Waals surface area contributed by atoms with Crippen molar-refractivity contribution in [3.8, 4) is 0 Å². The molecule has 0 aliphatic heterocycles. The van der Waals surface area contributed by atoms with Gasteiger partial charge >= 0.3 is 21.7 Å². The summed E-state index contributed by atoms with van der Waals surface area (Å²) < 4.78 is 0. The number of allylic oxidation sites excluding steroid dienone is 8. The van der Waals surface area contributed by atoms with Crippen LogP contribution in [0.2, 0.25) is 0 Å². The Labute approximate surface area is 123 Å². The summed E-state index contributed by atoms with van der Waals surface area (Å²) in [7, 11) is 0. The van der Waals surface area contributed by atoms with Gasteiger partial charge < -0.3 is 13.8 Å². The van der Waals surface area contributed by atoms with Gasteiger partial charge in [-0.1, -0.05) is 13.8 Å². The predicted octanol–water partition coefficient (Wildman–Crippen LogP) is 5.07. The first-order valence-electron chi connectivity index (χ1n) is 5.85. The number of hydrogen-bond donors (Lipinski definition) is 0. The summed E-state index contributed by atoms with van der Waals surface area (Å²) in [6, 6.07) is 0. The molecule has 1 heteroatoms. The molecule has 0 radical (unpaired) electrons. The van der Waals surface area contributed by atoms with E-state index in [4.69, 9.17) is 0 Å². The van der Waals surface area contributed by atoms with Crippen LogP contribution in [-0.4, -0.2) is 0 Å². The van der Waals surface area contributed by atoms with Crippen LogP contribution in [-0.2, 0) is 21.7 Å². The molecule has 2 aliphatic rings. The molecule has 2 rings (SSSR count). The van der Waals surface area contributed by atoms with Crippen molar-refractivity contribution in [2.24, 2.45) is 0 Å². The van der Waals surface area contributed by atoms with Crippen LogP contribution in [0.1, 0.15) is 39.5 Å². The van der Waals surface area contributed by atoms with E-state index in [-0.39, 0.29) is 21.7 Å². The number of hydrogen-bond acceptors (Lipinski definition) is 0. The average molecular weight is 264 g/mol. The topological polar surface area (TPSA) is 0 Å².